The van der Waals surface area contributed by atoms with Gasteiger partial charge in [0.25, 0.3) is 0 Å². The van der Waals surface area contributed by atoms with E-state index in [-0.39, 0.29) is 5.91 Å². The molecule has 1 aliphatic heterocycles. The van der Waals surface area contributed by atoms with Crippen LogP contribution >= 0.6 is 0 Å². The Morgan fingerprint density at radius 1 is 1.53 bits per heavy atom. The average molecular weight is 265 g/mol. The van der Waals surface area contributed by atoms with Gasteiger partial charge in [-0.25, -0.2) is 0 Å². The molecule has 1 amide bonds. The Morgan fingerprint density at radius 3 is 2.95 bits per heavy atom. The monoisotopic (exact) mass is 265 g/mol. The van der Waals surface area contributed by atoms with Gasteiger partial charge in [-0.2, -0.15) is 0 Å². The molecule has 1 fully saturated rings. The Kier molecular flexibility index (Phi) is 4.58. The molecule has 1 N–H and O–H groups in total. The Balaban J connectivity index is 1.96. The summed E-state index contributed by atoms with van der Waals surface area (Å²) in [5.41, 5.74) is 1.77. The van der Waals surface area contributed by atoms with E-state index in [1.165, 1.54) is 6.42 Å². The highest BCUT2D eigenvalue weighted by Crippen LogP contribution is 2.19. The van der Waals surface area contributed by atoms with Crippen molar-refractivity contribution in [2.75, 3.05) is 26.7 Å². The number of hydrogen-bond donors (Lipinski definition) is 1. The quantitative estimate of drug-likeness (QED) is 0.891. The third-order valence-corrected chi connectivity index (χ3v) is 3.87. The van der Waals surface area contributed by atoms with E-state index in [1.807, 2.05) is 25.8 Å². The first-order valence-electron chi connectivity index (χ1n) is 6.96. The maximum Gasteiger partial charge on any atom is 0.227 e. The van der Waals surface area contributed by atoms with Crippen LogP contribution in [0.4, 0.5) is 0 Å². The Bertz CT molecular complexity index is 420. The molecular weight excluding hydrogens is 242 g/mol. The maximum absolute atomic E-state index is 12.4. The normalized spacial score (nSPS) is 19.7. The fraction of sp³-hybridized carbons (Fsp3) is 0.714. The van der Waals surface area contributed by atoms with Gasteiger partial charge >= 0.3 is 0 Å². The van der Waals surface area contributed by atoms with Gasteiger partial charge in [-0.3, -0.25) is 4.79 Å². The van der Waals surface area contributed by atoms with Crippen LogP contribution in [0, 0.1) is 19.8 Å². The molecule has 1 aromatic rings. The minimum Gasteiger partial charge on any atom is -0.361 e. The van der Waals surface area contributed by atoms with E-state index in [0.717, 1.165) is 43.1 Å². The van der Waals surface area contributed by atoms with Crippen molar-refractivity contribution >= 4 is 5.91 Å². The van der Waals surface area contributed by atoms with Crippen LogP contribution in [0.1, 0.15) is 29.9 Å². The van der Waals surface area contributed by atoms with Crippen LogP contribution in [0.25, 0.3) is 0 Å². The van der Waals surface area contributed by atoms with Crippen molar-refractivity contribution in [3.05, 3.63) is 17.0 Å². The van der Waals surface area contributed by atoms with Crippen LogP contribution in [-0.2, 0) is 11.2 Å². The number of piperidine rings is 1. The van der Waals surface area contributed by atoms with Crippen LogP contribution in [0.2, 0.25) is 0 Å². The molecule has 5 nitrogen and oxygen atoms in total. The van der Waals surface area contributed by atoms with E-state index >= 15 is 0 Å². The van der Waals surface area contributed by atoms with Gasteiger partial charge in [-0.05, 0) is 46.2 Å². The summed E-state index contributed by atoms with van der Waals surface area (Å²) in [6, 6.07) is 0. The van der Waals surface area contributed by atoms with Crippen molar-refractivity contribution in [1.29, 1.82) is 0 Å². The number of nitrogens with zero attached hydrogens (tertiary/aromatic N) is 2. The van der Waals surface area contributed by atoms with E-state index in [2.05, 4.69) is 10.5 Å². The number of hydrogen-bond acceptors (Lipinski definition) is 4. The predicted molar refractivity (Wildman–Crippen MR) is 72.9 cm³/mol. The SMILES string of the molecule is CNCC1CCCN(C(=O)Cc2c(C)noc2C)C1. The molecule has 0 radical (unpaired) electrons. The van der Waals surface area contributed by atoms with Crippen molar-refractivity contribution in [1.82, 2.24) is 15.4 Å². The predicted octanol–water partition coefficient (Wildman–Crippen LogP) is 1.29. The van der Waals surface area contributed by atoms with Crippen LogP contribution < -0.4 is 5.32 Å². The Labute approximate surface area is 114 Å². The van der Waals surface area contributed by atoms with Crippen LogP contribution in [0.15, 0.2) is 4.52 Å². The van der Waals surface area contributed by atoms with E-state index in [9.17, 15) is 4.79 Å². The average Bonchev–Trinajstić information content (AvgIpc) is 2.71. The summed E-state index contributed by atoms with van der Waals surface area (Å²) in [6.45, 7) is 6.47. The lowest BCUT2D eigenvalue weighted by Crippen LogP contribution is -2.43. The molecular formula is C14H23N3O2. The molecule has 0 saturated carbocycles. The van der Waals surface area contributed by atoms with Gasteiger partial charge in [0.2, 0.25) is 5.91 Å². The van der Waals surface area contributed by atoms with Crippen molar-refractivity contribution in [2.24, 2.45) is 5.92 Å². The highest BCUT2D eigenvalue weighted by molar-refractivity contribution is 5.79. The van der Waals surface area contributed by atoms with Crippen LogP contribution in [0.5, 0.6) is 0 Å². The molecule has 1 saturated heterocycles. The summed E-state index contributed by atoms with van der Waals surface area (Å²) in [6.07, 6.45) is 2.71. The lowest BCUT2D eigenvalue weighted by molar-refractivity contribution is -0.132. The highest BCUT2D eigenvalue weighted by atomic mass is 16.5. The van der Waals surface area contributed by atoms with E-state index in [0.29, 0.717) is 12.3 Å². The molecule has 19 heavy (non-hydrogen) atoms. The van der Waals surface area contributed by atoms with Gasteiger partial charge in [-0.15, -0.1) is 0 Å². The first kappa shape index (κ1) is 14.1. The topological polar surface area (TPSA) is 58.4 Å². The molecule has 106 valence electrons. The Morgan fingerprint density at radius 2 is 2.32 bits per heavy atom. The smallest absolute Gasteiger partial charge is 0.227 e. The molecule has 1 unspecified atom stereocenters. The molecule has 0 bridgehead atoms. The minimum atomic E-state index is 0.190. The number of aromatic nitrogens is 1. The largest absolute Gasteiger partial charge is 0.361 e. The summed E-state index contributed by atoms with van der Waals surface area (Å²) < 4.78 is 5.11. The Hall–Kier alpha value is -1.36. The first-order chi connectivity index (χ1) is 9.11. The summed E-state index contributed by atoms with van der Waals surface area (Å²) >= 11 is 0. The fourth-order valence-electron chi connectivity index (χ4n) is 2.76. The molecule has 1 aromatic heterocycles. The second kappa shape index (κ2) is 6.19. The van der Waals surface area contributed by atoms with E-state index in [4.69, 9.17) is 4.52 Å². The highest BCUT2D eigenvalue weighted by Gasteiger charge is 2.24. The van der Waals surface area contributed by atoms with Gasteiger partial charge < -0.3 is 14.7 Å². The second-order valence-electron chi connectivity index (χ2n) is 5.39. The lowest BCUT2D eigenvalue weighted by Gasteiger charge is -2.32. The molecule has 2 heterocycles. The number of rotatable bonds is 4. The van der Waals surface area contributed by atoms with Gasteiger partial charge in [0.15, 0.2) is 0 Å². The molecule has 0 aromatic carbocycles. The van der Waals surface area contributed by atoms with Crippen molar-refractivity contribution in [3.63, 3.8) is 0 Å². The molecule has 2 rings (SSSR count). The number of likely N-dealkylation sites (tertiary alicyclic amines) is 1. The summed E-state index contributed by atoms with van der Waals surface area (Å²) in [5.74, 6) is 1.53. The number of carbonyl (C=O) groups excluding carboxylic acids is 1. The van der Waals surface area contributed by atoms with Crippen molar-refractivity contribution in [3.8, 4) is 0 Å². The van der Waals surface area contributed by atoms with Crippen molar-refractivity contribution in [2.45, 2.75) is 33.1 Å². The van der Waals surface area contributed by atoms with Gasteiger partial charge in [0, 0.05) is 18.7 Å². The third kappa shape index (κ3) is 3.35. The number of carbonyl (C=O) groups is 1. The molecule has 0 spiro atoms. The first-order valence-corrected chi connectivity index (χ1v) is 6.96. The number of amides is 1. The summed E-state index contributed by atoms with van der Waals surface area (Å²) in [7, 11) is 1.96. The third-order valence-electron chi connectivity index (χ3n) is 3.87. The zero-order valence-corrected chi connectivity index (χ0v) is 12.0. The second-order valence-corrected chi connectivity index (χ2v) is 5.39. The maximum atomic E-state index is 12.4. The van der Waals surface area contributed by atoms with E-state index in [1.54, 1.807) is 0 Å². The molecule has 1 aliphatic rings. The standard InChI is InChI=1S/C14H23N3O2/c1-10-13(11(2)19-16-10)7-14(18)17-6-4-5-12(9-17)8-15-3/h12,15H,4-9H2,1-3H3. The number of nitrogens with one attached hydrogen (secondary N) is 1. The zero-order chi connectivity index (χ0) is 13.8. The summed E-state index contributed by atoms with van der Waals surface area (Å²) in [5, 5.41) is 7.10. The molecule has 1 atom stereocenters. The van der Waals surface area contributed by atoms with Crippen LogP contribution in [-0.4, -0.2) is 42.6 Å². The molecule has 5 heteroatoms. The van der Waals surface area contributed by atoms with E-state index < -0.39 is 0 Å². The lowest BCUT2D eigenvalue weighted by atomic mass is 9.97. The summed E-state index contributed by atoms with van der Waals surface area (Å²) in [4.78, 5) is 14.3. The fourth-order valence-corrected chi connectivity index (χ4v) is 2.76. The zero-order valence-electron chi connectivity index (χ0n) is 12.0. The number of aryl methyl sites for hydroxylation is 2. The molecule has 0 aliphatic carbocycles. The minimum absolute atomic E-state index is 0.190. The van der Waals surface area contributed by atoms with Crippen molar-refractivity contribution < 1.29 is 9.32 Å². The van der Waals surface area contributed by atoms with Gasteiger partial charge in [-0.1, -0.05) is 5.16 Å². The van der Waals surface area contributed by atoms with Crippen LogP contribution in [0.3, 0.4) is 0 Å². The van der Waals surface area contributed by atoms with Gasteiger partial charge in [0.1, 0.15) is 5.76 Å². The van der Waals surface area contributed by atoms with Gasteiger partial charge in [0.05, 0.1) is 12.1 Å².